The molecule has 1 aliphatic rings. The van der Waals surface area contributed by atoms with Crippen LogP contribution < -0.4 is 16.0 Å². The number of guanidine groups is 1. The number of morpholine rings is 1. The summed E-state index contributed by atoms with van der Waals surface area (Å²) in [6.07, 6.45) is 0. The van der Waals surface area contributed by atoms with E-state index in [1.165, 1.54) is 17.2 Å². The second-order valence-corrected chi connectivity index (χ2v) is 7.21. The van der Waals surface area contributed by atoms with Crippen molar-refractivity contribution in [3.63, 3.8) is 0 Å². The van der Waals surface area contributed by atoms with Crippen LogP contribution in [-0.4, -0.2) is 62.2 Å². The molecule has 1 aliphatic heterocycles. The molecule has 2 aromatic carbocycles. The zero-order valence-corrected chi connectivity index (χ0v) is 20.6. The smallest absolute Gasteiger partial charge is 0.292 e. The predicted molar refractivity (Wildman–Crippen MR) is 138 cm³/mol. The molecule has 0 spiro atoms. The summed E-state index contributed by atoms with van der Waals surface area (Å²) in [6, 6.07) is 15.0. The highest BCUT2D eigenvalue weighted by atomic mass is 127. The first kappa shape index (κ1) is 25.8. The van der Waals surface area contributed by atoms with Gasteiger partial charge in [0.05, 0.1) is 18.1 Å². The van der Waals surface area contributed by atoms with Crippen LogP contribution >= 0.6 is 24.0 Å². The molecular formula is C22H31IN6O3. The van der Waals surface area contributed by atoms with Gasteiger partial charge in [-0.3, -0.25) is 20.0 Å². The first-order valence-corrected chi connectivity index (χ1v) is 10.5. The molecule has 0 unspecified atom stereocenters. The lowest BCUT2D eigenvalue weighted by atomic mass is 10.1. The van der Waals surface area contributed by atoms with Crippen LogP contribution in [0.3, 0.4) is 0 Å². The van der Waals surface area contributed by atoms with Crippen molar-refractivity contribution in [2.75, 3.05) is 51.8 Å². The number of hydrogen-bond acceptors (Lipinski definition) is 6. The van der Waals surface area contributed by atoms with Crippen molar-refractivity contribution in [1.82, 2.24) is 15.5 Å². The normalized spacial score (nSPS) is 14.3. The van der Waals surface area contributed by atoms with Gasteiger partial charge in [0.25, 0.3) is 5.69 Å². The maximum atomic E-state index is 11.1. The first-order valence-electron chi connectivity index (χ1n) is 10.5. The minimum Gasteiger partial charge on any atom is -0.379 e. The number of hydrogen-bond donors (Lipinski definition) is 3. The average molecular weight is 554 g/mol. The quantitative estimate of drug-likeness (QED) is 0.109. The summed E-state index contributed by atoms with van der Waals surface area (Å²) in [6.45, 7) is 6.16. The molecule has 0 bridgehead atoms. The minimum absolute atomic E-state index is 0. The van der Waals surface area contributed by atoms with Crippen LogP contribution in [0.1, 0.15) is 11.1 Å². The number of aliphatic imine (C=N–C) groups is 1. The van der Waals surface area contributed by atoms with E-state index in [4.69, 9.17) is 4.74 Å². The lowest BCUT2D eigenvalue weighted by molar-refractivity contribution is -0.384. The minimum atomic E-state index is -0.384. The number of nitrogens with zero attached hydrogens (tertiary/aromatic N) is 3. The molecule has 1 heterocycles. The van der Waals surface area contributed by atoms with E-state index in [2.05, 4.69) is 44.0 Å². The van der Waals surface area contributed by atoms with Crippen LogP contribution in [-0.2, 0) is 17.8 Å². The summed E-state index contributed by atoms with van der Waals surface area (Å²) in [5.74, 6) is 0.686. The standard InChI is InChI=1S/C22H30N6O3.HI/c1-23-22(25-11-10-24-20-8-4-5-9-21(20)28(29)30)26-16-18-6-2-3-7-19(18)17-27-12-14-31-15-13-27;/h2-9,24H,10-17H2,1H3,(H2,23,25,26);1H. The monoisotopic (exact) mass is 554 g/mol. The number of para-hydroxylation sites is 2. The van der Waals surface area contributed by atoms with Crippen molar-refractivity contribution < 1.29 is 9.66 Å². The van der Waals surface area contributed by atoms with Gasteiger partial charge < -0.3 is 20.7 Å². The van der Waals surface area contributed by atoms with E-state index in [0.717, 1.165) is 32.8 Å². The van der Waals surface area contributed by atoms with Gasteiger partial charge in [0.1, 0.15) is 5.69 Å². The third-order valence-electron chi connectivity index (χ3n) is 5.12. The maximum absolute atomic E-state index is 11.1. The van der Waals surface area contributed by atoms with Gasteiger partial charge in [-0.15, -0.1) is 24.0 Å². The first-order chi connectivity index (χ1) is 15.2. The molecule has 0 radical (unpaired) electrons. The van der Waals surface area contributed by atoms with Crippen LogP contribution in [0.25, 0.3) is 0 Å². The Balaban J connectivity index is 0.00000363. The second-order valence-electron chi connectivity index (χ2n) is 7.21. The van der Waals surface area contributed by atoms with Gasteiger partial charge in [-0.2, -0.15) is 0 Å². The van der Waals surface area contributed by atoms with Gasteiger partial charge in [0, 0.05) is 52.4 Å². The molecule has 0 aromatic heterocycles. The third kappa shape index (κ3) is 7.92. The molecule has 9 nitrogen and oxygen atoms in total. The van der Waals surface area contributed by atoms with Crippen molar-refractivity contribution in [3.8, 4) is 0 Å². The van der Waals surface area contributed by atoms with Crippen molar-refractivity contribution in [1.29, 1.82) is 0 Å². The molecular weight excluding hydrogens is 523 g/mol. The van der Waals surface area contributed by atoms with Crippen LogP contribution in [0, 0.1) is 10.1 Å². The van der Waals surface area contributed by atoms with Gasteiger partial charge in [0.2, 0.25) is 0 Å². The molecule has 0 saturated carbocycles. The number of rotatable bonds is 9. The van der Waals surface area contributed by atoms with Gasteiger partial charge in [-0.25, -0.2) is 0 Å². The molecule has 0 atom stereocenters. The highest BCUT2D eigenvalue weighted by Gasteiger charge is 2.13. The van der Waals surface area contributed by atoms with E-state index in [0.29, 0.717) is 31.3 Å². The summed E-state index contributed by atoms with van der Waals surface area (Å²) in [5.41, 5.74) is 3.11. The number of nitro groups is 1. The summed E-state index contributed by atoms with van der Waals surface area (Å²) in [5, 5.41) is 20.8. The molecule has 2 aromatic rings. The Hall–Kier alpha value is -2.44. The Morgan fingerprint density at radius 1 is 1.06 bits per heavy atom. The van der Waals surface area contributed by atoms with E-state index in [-0.39, 0.29) is 34.6 Å². The molecule has 32 heavy (non-hydrogen) atoms. The highest BCUT2D eigenvalue weighted by molar-refractivity contribution is 14.0. The van der Waals surface area contributed by atoms with Crippen molar-refractivity contribution in [2.45, 2.75) is 13.1 Å². The Labute approximate surface area is 205 Å². The third-order valence-corrected chi connectivity index (χ3v) is 5.12. The number of nitro benzene ring substituents is 1. The second kappa shape index (κ2) is 13.9. The molecule has 10 heteroatoms. The summed E-state index contributed by atoms with van der Waals surface area (Å²) in [7, 11) is 1.73. The molecule has 3 rings (SSSR count). The number of nitrogens with one attached hydrogen (secondary N) is 3. The molecule has 0 aliphatic carbocycles. The largest absolute Gasteiger partial charge is 0.379 e. The zero-order valence-electron chi connectivity index (χ0n) is 18.3. The fourth-order valence-corrected chi connectivity index (χ4v) is 3.44. The Morgan fingerprint density at radius 2 is 1.75 bits per heavy atom. The molecule has 0 amide bonds. The molecule has 1 saturated heterocycles. The highest BCUT2D eigenvalue weighted by Crippen LogP contribution is 2.22. The van der Waals surface area contributed by atoms with E-state index >= 15 is 0 Å². The van der Waals surface area contributed by atoms with Gasteiger partial charge in [-0.1, -0.05) is 36.4 Å². The van der Waals surface area contributed by atoms with Crippen molar-refractivity contribution >= 4 is 41.3 Å². The zero-order chi connectivity index (χ0) is 21.9. The summed E-state index contributed by atoms with van der Waals surface area (Å²) >= 11 is 0. The lowest BCUT2D eigenvalue weighted by Gasteiger charge is -2.27. The number of anilines is 1. The summed E-state index contributed by atoms with van der Waals surface area (Å²) in [4.78, 5) is 17.4. The number of benzene rings is 2. The van der Waals surface area contributed by atoms with Gasteiger partial charge >= 0.3 is 0 Å². The van der Waals surface area contributed by atoms with Gasteiger partial charge in [0.15, 0.2) is 5.96 Å². The summed E-state index contributed by atoms with van der Waals surface area (Å²) < 4.78 is 5.44. The van der Waals surface area contributed by atoms with E-state index in [1.54, 1.807) is 25.2 Å². The van der Waals surface area contributed by atoms with Crippen LogP contribution in [0.15, 0.2) is 53.5 Å². The Bertz CT molecular complexity index is 889. The van der Waals surface area contributed by atoms with Gasteiger partial charge in [-0.05, 0) is 17.2 Å². The van der Waals surface area contributed by atoms with Crippen LogP contribution in [0.5, 0.6) is 0 Å². The lowest BCUT2D eigenvalue weighted by Crippen LogP contribution is -2.39. The molecule has 1 fully saturated rings. The fourth-order valence-electron chi connectivity index (χ4n) is 3.44. The van der Waals surface area contributed by atoms with Crippen molar-refractivity contribution in [2.24, 2.45) is 4.99 Å². The molecule has 3 N–H and O–H groups in total. The SMILES string of the molecule is CN=C(NCCNc1ccccc1[N+](=O)[O-])NCc1ccccc1CN1CCOCC1.I. The topological polar surface area (TPSA) is 104 Å². The number of ether oxygens (including phenoxy) is 1. The average Bonchev–Trinajstić information content (AvgIpc) is 2.80. The predicted octanol–water partition coefficient (Wildman–Crippen LogP) is 2.82. The fraction of sp³-hybridized carbons (Fsp3) is 0.409. The Morgan fingerprint density at radius 3 is 2.47 bits per heavy atom. The Kier molecular flexibility index (Phi) is 11.2. The van der Waals surface area contributed by atoms with Crippen molar-refractivity contribution in [3.05, 3.63) is 69.8 Å². The number of halogens is 1. The maximum Gasteiger partial charge on any atom is 0.292 e. The van der Waals surface area contributed by atoms with E-state index in [1.807, 2.05) is 6.07 Å². The van der Waals surface area contributed by atoms with Crippen LogP contribution in [0.2, 0.25) is 0 Å². The molecule has 174 valence electrons. The van der Waals surface area contributed by atoms with E-state index < -0.39 is 0 Å². The van der Waals surface area contributed by atoms with Crippen LogP contribution in [0.4, 0.5) is 11.4 Å². The van der Waals surface area contributed by atoms with E-state index in [9.17, 15) is 10.1 Å².